The number of non-ortho nitro benzene ring substituents is 1. The van der Waals surface area contributed by atoms with E-state index >= 15 is 0 Å². The highest BCUT2D eigenvalue weighted by atomic mass is 16.6. The van der Waals surface area contributed by atoms with Crippen LogP contribution in [-0.4, -0.2) is 34.8 Å². The lowest BCUT2D eigenvalue weighted by Crippen LogP contribution is -2.25. The summed E-state index contributed by atoms with van der Waals surface area (Å²) in [5.41, 5.74) is 2.85. The Labute approximate surface area is 195 Å². The Morgan fingerprint density at radius 3 is 2.38 bits per heavy atom. The van der Waals surface area contributed by atoms with Crippen LogP contribution < -0.4 is 14.8 Å². The fourth-order valence-corrected chi connectivity index (χ4v) is 3.47. The van der Waals surface area contributed by atoms with Gasteiger partial charge < -0.3 is 14.8 Å². The number of hydrogen-bond donors (Lipinski definition) is 1. The van der Waals surface area contributed by atoms with Gasteiger partial charge in [-0.15, -0.1) is 0 Å². The molecule has 0 saturated carbocycles. The molecule has 0 aliphatic rings. The van der Waals surface area contributed by atoms with Crippen LogP contribution in [0.2, 0.25) is 0 Å². The lowest BCUT2D eigenvalue weighted by molar-refractivity contribution is -0.384. The molecule has 172 valence electrons. The number of nitrogens with zero attached hydrogens (tertiary/aromatic N) is 3. The third-order valence-corrected chi connectivity index (χ3v) is 5.23. The van der Waals surface area contributed by atoms with Gasteiger partial charge in [0, 0.05) is 30.3 Å². The van der Waals surface area contributed by atoms with Crippen molar-refractivity contribution >= 4 is 11.6 Å². The second-order valence-electron chi connectivity index (χ2n) is 7.33. The molecular formula is C25H22N4O5. The maximum atomic E-state index is 13.2. The zero-order chi connectivity index (χ0) is 24.1. The van der Waals surface area contributed by atoms with Crippen LogP contribution in [0.5, 0.6) is 11.5 Å². The Bertz CT molecular complexity index is 1320. The molecule has 0 saturated heterocycles. The highest BCUT2D eigenvalue weighted by molar-refractivity contribution is 5.94. The van der Waals surface area contributed by atoms with Gasteiger partial charge in [0.2, 0.25) is 0 Å². The predicted molar refractivity (Wildman–Crippen MR) is 126 cm³/mol. The smallest absolute Gasteiger partial charge is 0.270 e. The number of rotatable bonds is 8. The summed E-state index contributed by atoms with van der Waals surface area (Å²) in [6.45, 7) is 0.340. The number of nitrogens with one attached hydrogen (secondary N) is 1. The molecule has 9 nitrogen and oxygen atoms in total. The van der Waals surface area contributed by atoms with Gasteiger partial charge in [0.05, 0.1) is 30.5 Å². The Morgan fingerprint density at radius 1 is 1.00 bits per heavy atom. The van der Waals surface area contributed by atoms with Crippen molar-refractivity contribution in [3.63, 3.8) is 0 Å². The molecule has 0 radical (unpaired) electrons. The van der Waals surface area contributed by atoms with Gasteiger partial charge in [-0.3, -0.25) is 14.9 Å². The van der Waals surface area contributed by atoms with Gasteiger partial charge in [0.1, 0.15) is 17.2 Å². The van der Waals surface area contributed by atoms with Crippen molar-refractivity contribution in [1.29, 1.82) is 0 Å². The first-order valence-electron chi connectivity index (χ1n) is 10.4. The van der Waals surface area contributed by atoms with Gasteiger partial charge in [0.15, 0.2) is 0 Å². The van der Waals surface area contributed by atoms with Crippen LogP contribution >= 0.6 is 0 Å². The maximum absolute atomic E-state index is 13.2. The standard InChI is InChI=1S/C25H22N4O5/c1-33-20-12-13-21(24(14-20)34-2)22-15-23(25(30)26-16-17-6-4-3-5-7-17)28(27-22)18-8-10-19(11-9-18)29(31)32/h3-15H,16H2,1-2H3,(H,26,30). The first-order chi connectivity index (χ1) is 16.5. The fraction of sp³-hybridized carbons (Fsp3) is 0.120. The fourth-order valence-electron chi connectivity index (χ4n) is 3.47. The van der Waals surface area contributed by atoms with Crippen molar-refractivity contribution in [2.45, 2.75) is 6.54 Å². The second kappa shape index (κ2) is 9.86. The van der Waals surface area contributed by atoms with E-state index in [2.05, 4.69) is 10.4 Å². The average Bonchev–Trinajstić information content (AvgIpc) is 3.33. The van der Waals surface area contributed by atoms with Gasteiger partial charge in [-0.05, 0) is 35.9 Å². The summed E-state index contributed by atoms with van der Waals surface area (Å²) in [4.78, 5) is 23.7. The molecule has 1 heterocycles. The number of nitro groups is 1. The van der Waals surface area contributed by atoms with Crippen LogP contribution in [0.4, 0.5) is 5.69 Å². The Balaban J connectivity index is 1.75. The number of methoxy groups -OCH3 is 2. The summed E-state index contributed by atoms with van der Waals surface area (Å²) in [7, 11) is 3.10. The molecule has 0 spiro atoms. The SMILES string of the molecule is COc1ccc(-c2cc(C(=O)NCc3ccccc3)n(-c3ccc([N+](=O)[O-])cc3)n2)c(OC)c1. The van der Waals surface area contributed by atoms with Crippen LogP contribution in [0.1, 0.15) is 16.1 Å². The zero-order valence-corrected chi connectivity index (χ0v) is 18.6. The van der Waals surface area contributed by atoms with Crippen molar-refractivity contribution in [3.05, 3.63) is 100 Å². The summed E-state index contributed by atoms with van der Waals surface area (Å²) in [6, 6.07) is 22.3. The number of benzene rings is 3. The molecule has 1 N–H and O–H groups in total. The third-order valence-electron chi connectivity index (χ3n) is 5.23. The molecule has 4 rings (SSSR count). The Kier molecular flexibility index (Phi) is 6.54. The third kappa shape index (κ3) is 4.73. The minimum atomic E-state index is -0.478. The number of carbonyl (C=O) groups excluding carboxylic acids is 1. The van der Waals surface area contributed by atoms with Gasteiger partial charge in [-0.25, -0.2) is 4.68 Å². The van der Waals surface area contributed by atoms with Crippen LogP contribution in [0.3, 0.4) is 0 Å². The van der Waals surface area contributed by atoms with Crippen LogP contribution in [0.25, 0.3) is 16.9 Å². The van der Waals surface area contributed by atoms with E-state index in [9.17, 15) is 14.9 Å². The second-order valence-corrected chi connectivity index (χ2v) is 7.33. The highest BCUT2D eigenvalue weighted by Crippen LogP contribution is 2.33. The zero-order valence-electron chi connectivity index (χ0n) is 18.6. The van der Waals surface area contributed by atoms with Gasteiger partial charge in [-0.2, -0.15) is 5.10 Å². The molecule has 0 aliphatic carbocycles. The normalized spacial score (nSPS) is 10.5. The summed E-state index contributed by atoms with van der Waals surface area (Å²) in [5.74, 6) is 0.814. The lowest BCUT2D eigenvalue weighted by atomic mass is 10.1. The topological polar surface area (TPSA) is 109 Å². The van der Waals surface area contributed by atoms with Crippen molar-refractivity contribution in [2.75, 3.05) is 14.2 Å². The first-order valence-corrected chi connectivity index (χ1v) is 10.4. The number of amides is 1. The molecule has 0 fully saturated rings. The Hall–Kier alpha value is -4.66. The summed E-state index contributed by atoms with van der Waals surface area (Å²) >= 11 is 0. The lowest BCUT2D eigenvalue weighted by Gasteiger charge is -2.09. The summed E-state index contributed by atoms with van der Waals surface area (Å²) < 4.78 is 12.2. The molecule has 9 heteroatoms. The highest BCUT2D eigenvalue weighted by Gasteiger charge is 2.20. The van der Waals surface area contributed by atoms with E-state index in [1.807, 2.05) is 30.3 Å². The van der Waals surface area contributed by atoms with Crippen molar-refractivity contribution in [3.8, 4) is 28.4 Å². The van der Waals surface area contributed by atoms with Gasteiger partial charge in [-0.1, -0.05) is 30.3 Å². The van der Waals surface area contributed by atoms with Crippen LogP contribution in [-0.2, 0) is 6.54 Å². The molecule has 1 amide bonds. The largest absolute Gasteiger partial charge is 0.497 e. The Morgan fingerprint density at radius 2 is 1.74 bits per heavy atom. The van der Waals surface area contributed by atoms with Crippen LogP contribution in [0, 0.1) is 10.1 Å². The number of carbonyl (C=O) groups is 1. The first kappa shape index (κ1) is 22.5. The average molecular weight is 458 g/mol. The van der Waals surface area contributed by atoms with Crippen molar-refractivity contribution < 1.29 is 19.2 Å². The van der Waals surface area contributed by atoms with Gasteiger partial charge in [0.25, 0.3) is 11.6 Å². The predicted octanol–water partition coefficient (Wildman–Crippen LogP) is 4.39. The van der Waals surface area contributed by atoms with E-state index in [0.29, 0.717) is 35.0 Å². The molecule has 0 aliphatic heterocycles. The van der Waals surface area contributed by atoms with Crippen molar-refractivity contribution in [1.82, 2.24) is 15.1 Å². The molecule has 4 aromatic rings. The molecule has 0 atom stereocenters. The monoisotopic (exact) mass is 458 g/mol. The maximum Gasteiger partial charge on any atom is 0.270 e. The quantitative estimate of drug-likeness (QED) is 0.310. The van der Waals surface area contributed by atoms with E-state index in [0.717, 1.165) is 5.56 Å². The number of nitro benzene ring substituents is 1. The number of hydrogen-bond acceptors (Lipinski definition) is 6. The minimum Gasteiger partial charge on any atom is -0.497 e. The molecule has 3 aromatic carbocycles. The van der Waals surface area contributed by atoms with E-state index in [1.165, 1.54) is 16.8 Å². The number of ether oxygens (including phenoxy) is 2. The molecular weight excluding hydrogens is 436 g/mol. The van der Waals surface area contributed by atoms with Crippen LogP contribution in [0.15, 0.2) is 78.9 Å². The van der Waals surface area contributed by atoms with Crippen molar-refractivity contribution in [2.24, 2.45) is 0 Å². The summed E-state index contributed by atoms with van der Waals surface area (Å²) in [6.07, 6.45) is 0. The number of aromatic nitrogens is 2. The van der Waals surface area contributed by atoms with E-state index in [4.69, 9.17) is 9.47 Å². The van der Waals surface area contributed by atoms with E-state index in [-0.39, 0.29) is 17.3 Å². The molecule has 34 heavy (non-hydrogen) atoms. The minimum absolute atomic E-state index is 0.0527. The molecule has 1 aromatic heterocycles. The molecule has 0 unspecified atom stereocenters. The van der Waals surface area contributed by atoms with Gasteiger partial charge >= 0.3 is 0 Å². The van der Waals surface area contributed by atoms with E-state index < -0.39 is 4.92 Å². The summed E-state index contributed by atoms with van der Waals surface area (Å²) in [5, 5.41) is 18.6. The van der Waals surface area contributed by atoms with E-state index in [1.54, 1.807) is 50.6 Å². The molecule has 0 bridgehead atoms.